The second kappa shape index (κ2) is 5.58. The Morgan fingerprint density at radius 1 is 1.46 bits per heavy atom. The largest absolute Gasteiger partial charge is 0.362 e. The number of hydrogen-bond donors (Lipinski definition) is 1. The van der Waals surface area contributed by atoms with Crippen molar-refractivity contribution in [2.24, 2.45) is 0 Å². The van der Waals surface area contributed by atoms with E-state index in [-0.39, 0.29) is 6.23 Å². The Balaban J connectivity index is 2.25. The number of likely N-dealkylation sites (N-methyl/N-ethyl adjacent to an activating group) is 1. The lowest BCUT2D eigenvalue weighted by Gasteiger charge is -2.26. The number of hydrogen-bond acceptors (Lipinski definition) is 3. The predicted molar refractivity (Wildman–Crippen MR) is 54.7 cm³/mol. The van der Waals surface area contributed by atoms with E-state index in [2.05, 4.69) is 31.1 Å². The number of rotatable bonds is 3. The zero-order valence-corrected chi connectivity index (χ0v) is 9.05. The van der Waals surface area contributed by atoms with Crippen LogP contribution in [-0.2, 0) is 4.74 Å². The second-order valence-corrected chi connectivity index (χ2v) is 4.05. The highest BCUT2D eigenvalue weighted by molar-refractivity contribution is 4.66. The van der Waals surface area contributed by atoms with Crippen molar-refractivity contribution in [3.05, 3.63) is 0 Å². The molecule has 3 nitrogen and oxygen atoms in total. The molecule has 1 aliphatic heterocycles. The number of nitrogens with one attached hydrogen (secondary N) is 1. The summed E-state index contributed by atoms with van der Waals surface area (Å²) in [7, 11) is 2.14. The summed E-state index contributed by atoms with van der Waals surface area (Å²) in [6.07, 6.45) is 2.66. The average molecular weight is 186 g/mol. The van der Waals surface area contributed by atoms with Crippen LogP contribution in [0.3, 0.4) is 0 Å². The van der Waals surface area contributed by atoms with Gasteiger partial charge in [0, 0.05) is 19.2 Å². The van der Waals surface area contributed by atoms with Crippen LogP contribution in [-0.4, -0.2) is 43.9 Å². The van der Waals surface area contributed by atoms with Gasteiger partial charge in [-0.05, 0) is 40.3 Å². The molecule has 1 unspecified atom stereocenters. The highest BCUT2D eigenvalue weighted by Crippen LogP contribution is 2.02. The topological polar surface area (TPSA) is 24.5 Å². The van der Waals surface area contributed by atoms with Gasteiger partial charge in [-0.25, -0.2) is 0 Å². The van der Waals surface area contributed by atoms with Gasteiger partial charge in [0.15, 0.2) is 0 Å². The van der Waals surface area contributed by atoms with E-state index in [1.54, 1.807) is 0 Å². The van der Waals surface area contributed by atoms with Gasteiger partial charge in [-0.2, -0.15) is 0 Å². The Bertz CT molecular complexity index is 131. The molecule has 1 aliphatic rings. The van der Waals surface area contributed by atoms with Crippen LogP contribution < -0.4 is 5.32 Å². The Hall–Kier alpha value is -0.120. The molecule has 78 valence electrons. The summed E-state index contributed by atoms with van der Waals surface area (Å²) < 4.78 is 5.67. The van der Waals surface area contributed by atoms with Crippen LogP contribution in [0.1, 0.15) is 26.7 Å². The van der Waals surface area contributed by atoms with Gasteiger partial charge in [0.25, 0.3) is 0 Å². The first kappa shape index (κ1) is 11.0. The maximum atomic E-state index is 5.67. The maximum absolute atomic E-state index is 5.67. The summed E-state index contributed by atoms with van der Waals surface area (Å²) in [5.41, 5.74) is 0. The van der Waals surface area contributed by atoms with Crippen molar-refractivity contribution in [1.82, 2.24) is 10.2 Å². The molecule has 0 saturated carbocycles. The van der Waals surface area contributed by atoms with Crippen LogP contribution in [0.4, 0.5) is 0 Å². The summed E-state index contributed by atoms with van der Waals surface area (Å²) in [6, 6.07) is 0.591. The highest BCUT2D eigenvalue weighted by Gasteiger charge is 2.14. The molecule has 0 spiro atoms. The third-order valence-electron chi connectivity index (χ3n) is 2.60. The van der Waals surface area contributed by atoms with Crippen LogP contribution in [0.2, 0.25) is 0 Å². The molecular formula is C10H22N2O. The predicted octanol–water partition coefficient (Wildman–Crippen LogP) is 1.05. The van der Waals surface area contributed by atoms with Gasteiger partial charge in [0.1, 0.15) is 6.23 Å². The number of nitrogens with zero attached hydrogens (tertiary/aromatic N) is 1. The number of ether oxygens (including phenoxy) is 1. The Morgan fingerprint density at radius 3 is 2.92 bits per heavy atom. The van der Waals surface area contributed by atoms with Crippen molar-refractivity contribution < 1.29 is 4.74 Å². The second-order valence-electron chi connectivity index (χ2n) is 4.05. The van der Waals surface area contributed by atoms with Gasteiger partial charge in [-0.15, -0.1) is 0 Å². The summed E-state index contributed by atoms with van der Waals surface area (Å²) in [4.78, 5) is 2.31. The highest BCUT2D eigenvalue weighted by atomic mass is 16.5. The molecule has 0 aliphatic carbocycles. The molecule has 1 rings (SSSR count). The van der Waals surface area contributed by atoms with Crippen molar-refractivity contribution in [3.63, 3.8) is 0 Å². The van der Waals surface area contributed by atoms with E-state index >= 15 is 0 Å². The van der Waals surface area contributed by atoms with Crippen LogP contribution in [0.25, 0.3) is 0 Å². The van der Waals surface area contributed by atoms with Crippen molar-refractivity contribution in [2.45, 2.75) is 39.0 Å². The third-order valence-corrected chi connectivity index (χ3v) is 2.60. The van der Waals surface area contributed by atoms with E-state index in [4.69, 9.17) is 4.74 Å². The van der Waals surface area contributed by atoms with E-state index in [9.17, 15) is 0 Å². The van der Waals surface area contributed by atoms with Crippen molar-refractivity contribution in [2.75, 3.05) is 26.7 Å². The van der Waals surface area contributed by atoms with E-state index in [0.29, 0.717) is 6.04 Å². The van der Waals surface area contributed by atoms with Crippen molar-refractivity contribution in [3.8, 4) is 0 Å². The molecule has 1 heterocycles. The molecule has 1 N–H and O–H groups in total. The normalized spacial score (nSPS) is 25.2. The monoisotopic (exact) mass is 186 g/mol. The zero-order chi connectivity index (χ0) is 9.68. The fourth-order valence-electron chi connectivity index (χ4n) is 1.36. The first-order valence-electron chi connectivity index (χ1n) is 5.25. The van der Waals surface area contributed by atoms with Crippen molar-refractivity contribution in [1.29, 1.82) is 0 Å². The molecule has 0 amide bonds. The summed E-state index contributed by atoms with van der Waals surface area (Å²) >= 11 is 0. The van der Waals surface area contributed by atoms with Crippen LogP contribution >= 0.6 is 0 Å². The molecule has 1 saturated heterocycles. The molecule has 0 aromatic heterocycles. The lowest BCUT2D eigenvalue weighted by Crippen LogP contribution is -2.43. The minimum Gasteiger partial charge on any atom is -0.362 e. The average Bonchev–Trinajstić information content (AvgIpc) is 2.32. The molecule has 0 aromatic rings. The van der Waals surface area contributed by atoms with Crippen molar-refractivity contribution >= 4 is 0 Å². The Morgan fingerprint density at radius 2 is 2.23 bits per heavy atom. The Labute approximate surface area is 81.4 Å². The Kier molecular flexibility index (Phi) is 4.70. The van der Waals surface area contributed by atoms with Gasteiger partial charge < -0.3 is 9.64 Å². The van der Waals surface area contributed by atoms with Crippen LogP contribution in [0.5, 0.6) is 0 Å². The fraction of sp³-hybridized carbons (Fsp3) is 1.00. The molecular weight excluding hydrogens is 164 g/mol. The third kappa shape index (κ3) is 4.07. The smallest absolute Gasteiger partial charge is 0.120 e. The summed E-state index contributed by atoms with van der Waals surface area (Å²) in [5, 5.41) is 3.40. The van der Waals surface area contributed by atoms with E-state index in [0.717, 1.165) is 19.7 Å². The first-order valence-corrected chi connectivity index (χ1v) is 5.25. The first-order chi connectivity index (χ1) is 6.20. The maximum Gasteiger partial charge on any atom is 0.120 e. The quantitative estimate of drug-likeness (QED) is 0.713. The van der Waals surface area contributed by atoms with Crippen LogP contribution in [0.15, 0.2) is 0 Å². The van der Waals surface area contributed by atoms with Gasteiger partial charge in [0.05, 0.1) is 0 Å². The SMILES string of the molecule is CC(C)N(C)CC1NCCCCO1. The van der Waals surface area contributed by atoms with E-state index in [1.165, 1.54) is 12.8 Å². The lowest BCUT2D eigenvalue weighted by molar-refractivity contribution is 0.0157. The fourth-order valence-corrected chi connectivity index (χ4v) is 1.36. The minimum atomic E-state index is 0.231. The van der Waals surface area contributed by atoms with E-state index < -0.39 is 0 Å². The van der Waals surface area contributed by atoms with Crippen LogP contribution in [0, 0.1) is 0 Å². The standard InChI is InChI=1S/C10H22N2O/c1-9(2)12(3)8-10-11-6-4-5-7-13-10/h9-11H,4-8H2,1-3H3. The molecule has 0 aromatic carbocycles. The molecule has 0 radical (unpaired) electrons. The van der Waals surface area contributed by atoms with Gasteiger partial charge >= 0.3 is 0 Å². The van der Waals surface area contributed by atoms with Gasteiger partial charge in [0.2, 0.25) is 0 Å². The lowest BCUT2D eigenvalue weighted by atomic mass is 10.3. The minimum absolute atomic E-state index is 0.231. The zero-order valence-electron chi connectivity index (χ0n) is 9.05. The van der Waals surface area contributed by atoms with Gasteiger partial charge in [-0.3, -0.25) is 5.32 Å². The molecule has 0 bridgehead atoms. The molecule has 13 heavy (non-hydrogen) atoms. The molecule has 3 heteroatoms. The molecule has 1 atom stereocenters. The van der Waals surface area contributed by atoms with Gasteiger partial charge in [-0.1, -0.05) is 0 Å². The summed E-state index contributed by atoms with van der Waals surface area (Å²) in [6.45, 7) is 7.39. The molecule has 1 fully saturated rings. The van der Waals surface area contributed by atoms with E-state index in [1.807, 2.05) is 0 Å². The summed E-state index contributed by atoms with van der Waals surface area (Å²) in [5.74, 6) is 0.